The van der Waals surface area contributed by atoms with E-state index in [2.05, 4.69) is 33.8 Å². The first kappa shape index (κ1) is 25.4. The van der Waals surface area contributed by atoms with E-state index in [-0.39, 0.29) is 24.4 Å². The van der Waals surface area contributed by atoms with Crippen LogP contribution in [0, 0.1) is 11.6 Å². The van der Waals surface area contributed by atoms with Crippen molar-refractivity contribution < 1.29 is 18.7 Å². The van der Waals surface area contributed by atoms with Crippen LogP contribution in [0.1, 0.15) is 50.2 Å². The highest BCUT2D eigenvalue weighted by molar-refractivity contribution is 7.13. The summed E-state index contributed by atoms with van der Waals surface area (Å²) in [5.74, 6) is -1.68. The highest BCUT2D eigenvalue weighted by atomic mass is 32.1. The summed E-state index contributed by atoms with van der Waals surface area (Å²) in [4.78, 5) is 16.3. The molecule has 186 valence electrons. The second kappa shape index (κ2) is 11.4. The molecule has 0 bridgehead atoms. The van der Waals surface area contributed by atoms with Crippen molar-refractivity contribution in [2.24, 2.45) is 0 Å². The topological polar surface area (TPSA) is 74.2 Å². The quantitative estimate of drug-likeness (QED) is 0.390. The van der Waals surface area contributed by atoms with Crippen molar-refractivity contribution in [3.63, 3.8) is 0 Å². The van der Waals surface area contributed by atoms with Gasteiger partial charge in [0.25, 0.3) is 0 Å². The number of rotatable bonds is 9. The monoisotopic (exact) mass is 499 g/mol. The molecule has 4 rings (SSSR count). The fourth-order valence-corrected chi connectivity index (χ4v) is 5.64. The Balaban J connectivity index is 1.53. The van der Waals surface area contributed by atoms with Gasteiger partial charge in [0, 0.05) is 42.2 Å². The van der Waals surface area contributed by atoms with E-state index in [1.807, 2.05) is 11.4 Å². The summed E-state index contributed by atoms with van der Waals surface area (Å²) in [6, 6.07) is 10.9. The molecule has 8 heteroatoms. The van der Waals surface area contributed by atoms with Gasteiger partial charge in [-0.05, 0) is 48.6 Å². The van der Waals surface area contributed by atoms with Crippen LogP contribution in [0.2, 0.25) is 0 Å². The molecule has 2 atom stereocenters. The lowest BCUT2D eigenvalue weighted by atomic mass is 9.76. The summed E-state index contributed by atoms with van der Waals surface area (Å²) in [5.41, 5.74) is 2.29. The molecule has 3 N–H and O–H groups in total. The van der Waals surface area contributed by atoms with Crippen LogP contribution in [-0.2, 0) is 16.8 Å². The SMILES string of the molecule is CC(=O)NC(Cc1cc(F)cc(F)c1)C(O)CNC1(c2cccc(-c3nccs3)c2)CCCCC1. The molecular formula is C27H31F2N3O2S. The number of nitrogens with zero attached hydrogens (tertiary/aromatic N) is 1. The molecule has 1 aromatic heterocycles. The number of hydrogen-bond acceptors (Lipinski definition) is 5. The number of benzene rings is 2. The molecule has 3 aromatic rings. The van der Waals surface area contributed by atoms with Crippen molar-refractivity contribution in [3.8, 4) is 10.6 Å². The number of amides is 1. The van der Waals surface area contributed by atoms with E-state index in [0.717, 1.165) is 54.3 Å². The number of aliphatic hydroxyl groups excluding tert-OH is 1. The largest absolute Gasteiger partial charge is 0.390 e. The molecule has 0 aliphatic heterocycles. The number of carbonyl (C=O) groups excluding carboxylic acids is 1. The van der Waals surface area contributed by atoms with Crippen LogP contribution in [0.3, 0.4) is 0 Å². The zero-order chi connectivity index (χ0) is 24.8. The first-order chi connectivity index (χ1) is 16.8. The Labute approximate surface area is 208 Å². The van der Waals surface area contributed by atoms with Gasteiger partial charge in [-0.25, -0.2) is 13.8 Å². The number of carbonyl (C=O) groups is 1. The molecule has 1 heterocycles. The molecule has 2 unspecified atom stereocenters. The van der Waals surface area contributed by atoms with Crippen molar-refractivity contribution in [1.82, 2.24) is 15.6 Å². The van der Waals surface area contributed by atoms with Gasteiger partial charge in [0.1, 0.15) is 16.6 Å². The van der Waals surface area contributed by atoms with Gasteiger partial charge < -0.3 is 15.7 Å². The summed E-state index contributed by atoms with van der Waals surface area (Å²) in [6.45, 7) is 1.59. The molecular weight excluding hydrogens is 468 g/mol. The minimum absolute atomic E-state index is 0.115. The van der Waals surface area contributed by atoms with Crippen LogP contribution < -0.4 is 10.6 Å². The summed E-state index contributed by atoms with van der Waals surface area (Å²) < 4.78 is 27.4. The van der Waals surface area contributed by atoms with Crippen LogP contribution >= 0.6 is 11.3 Å². The van der Waals surface area contributed by atoms with Crippen LogP contribution in [-0.4, -0.2) is 34.7 Å². The van der Waals surface area contributed by atoms with Gasteiger partial charge in [0.05, 0.1) is 12.1 Å². The van der Waals surface area contributed by atoms with Gasteiger partial charge in [0.2, 0.25) is 5.91 Å². The third kappa shape index (κ3) is 6.51. The van der Waals surface area contributed by atoms with Crippen LogP contribution in [0.5, 0.6) is 0 Å². The van der Waals surface area contributed by atoms with E-state index < -0.39 is 23.8 Å². The average molecular weight is 500 g/mol. The fraction of sp³-hybridized carbons (Fsp3) is 0.407. The Morgan fingerprint density at radius 3 is 2.54 bits per heavy atom. The predicted octanol–water partition coefficient (Wildman–Crippen LogP) is 4.95. The van der Waals surface area contributed by atoms with E-state index in [9.17, 15) is 18.7 Å². The van der Waals surface area contributed by atoms with E-state index in [1.54, 1.807) is 17.5 Å². The minimum atomic E-state index is -0.953. The molecule has 1 amide bonds. The summed E-state index contributed by atoms with van der Waals surface area (Å²) in [7, 11) is 0. The summed E-state index contributed by atoms with van der Waals surface area (Å²) in [5, 5.41) is 20.4. The Bertz CT molecular complexity index is 1110. The predicted molar refractivity (Wildman–Crippen MR) is 134 cm³/mol. The molecule has 0 spiro atoms. The van der Waals surface area contributed by atoms with Gasteiger partial charge >= 0.3 is 0 Å². The molecule has 1 aliphatic rings. The highest BCUT2D eigenvalue weighted by Gasteiger charge is 2.35. The Morgan fingerprint density at radius 1 is 1.14 bits per heavy atom. The maximum absolute atomic E-state index is 13.7. The molecule has 1 saturated carbocycles. The lowest BCUT2D eigenvalue weighted by Gasteiger charge is -2.40. The Hall–Kier alpha value is -2.68. The zero-order valence-electron chi connectivity index (χ0n) is 19.8. The first-order valence-corrected chi connectivity index (χ1v) is 12.9. The lowest BCUT2D eigenvalue weighted by molar-refractivity contribution is -0.120. The lowest BCUT2D eigenvalue weighted by Crippen LogP contribution is -2.53. The van der Waals surface area contributed by atoms with Crippen molar-refractivity contribution in [2.45, 2.75) is 63.1 Å². The van der Waals surface area contributed by atoms with Crippen molar-refractivity contribution in [3.05, 3.63) is 76.8 Å². The van der Waals surface area contributed by atoms with E-state index in [0.29, 0.717) is 5.56 Å². The molecule has 0 radical (unpaired) electrons. The summed E-state index contributed by atoms with van der Waals surface area (Å²) in [6.07, 6.45) is 6.13. The van der Waals surface area contributed by atoms with Crippen molar-refractivity contribution >= 4 is 17.2 Å². The standard InChI is InChI=1S/C27H31F2N3O2S/c1-18(33)32-24(14-19-12-22(28)16-23(29)13-19)25(34)17-31-27(8-3-2-4-9-27)21-7-5-6-20(15-21)26-30-10-11-35-26/h5-7,10-13,15-16,24-25,31,34H,2-4,8-9,14,17H2,1H3,(H,32,33). The van der Waals surface area contributed by atoms with E-state index in [4.69, 9.17) is 0 Å². The smallest absolute Gasteiger partial charge is 0.217 e. The second-order valence-corrected chi connectivity index (χ2v) is 10.2. The number of thiazole rings is 1. The molecule has 5 nitrogen and oxygen atoms in total. The van der Waals surface area contributed by atoms with E-state index >= 15 is 0 Å². The Kier molecular flexibility index (Phi) is 8.26. The van der Waals surface area contributed by atoms with Gasteiger partial charge in [-0.15, -0.1) is 11.3 Å². The molecule has 1 fully saturated rings. The molecule has 2 aromatic carbocycles. The van der Waals surface area contributed by atoms with Crippen LogP contribution in [0.4, 0.5) is 8.78 Å². The minimum Gasteiger partial charge on any atom is -0.390 e. The maximum Gasteiger partial charge on any atom is 0.217 e. The average Bonchev–Trinajstić information content (AvgIpc) is 3.37. The van der Waals surface area contributed by atoms with Crippen LogP contribution in [0.15, 0.2) is 54.0 Å². The van der Waals surface area contributed by atoms with Gasteiger partial charge in [-0.2, -0.15) is 0 Å². The zero-order valence-corrected chi connectivity index (χ0v) is 20.6. The first-order valence-electron chi connectivity index (χ1n) is 12.0. The van der Waals surface area contributed by atoms with Crippen molar-refractivity contribution in [2.75, 3.05) is 6.54 Å². The van der Waals surface area contributed by atoms with E-state index in [1.165, 1.54) is 19.1 Å². The fourth-order valence-electron chi connectivity index (χ4n) is 5.01. The number of halogens is 2. The number of aliphatic hydroxyl groups is 1. The number of hydrogen-bond donors (Lipinski definition) is 3. The normalized spacial score (nSPS) is 17.0. The third-order valence-electron chi connectivity index (χ3n) is 6.68. The Morgan fingerprint density at radius 2 is 1.89 bits per heavy atom. The molecule has 0 saturated heterocycles. The number of aromatic nitrogens is 1. The van der Waals surface area contributed by atoms with Gasteiger partial charge in [-0.1, -0.05) is 37.5 Å². The van der Waals surface area contributed by atoms with Gasteiger partial charge in [0.15, 0.2) is 0 Å². The maximum atomic E-state index is 13.7. The summed E-state index contributed by atoms with van der Waals surface area (Å²) >= 11 is 1.60. The number of nitrogens with one attached hydrogen (secondary N) is 2. The highest BCUT2D eigenvalue weighted by Crippen LogP contribution is 2.38. The molecule has 1 aliphatic carbocycles. The van der Waals surface area contributed by atoms with Crippen molar-refractivity contribution in [1.29, 1.82) is 0 Å². The van der Waals surface area contributed by atoms with Crippen LogP contribution in [0.25, 0.3) is 10.6 Å². The third-order valence-corrected chi connectivity index (χ3v) is 7.50. The second-order valence-electron chi connectivity index (χ2n) is 9.30. The molecule has 35 heavy (non-hydrogen) atoms. The van der Waals surface area contributed by atoms with Gasteiger partial charge in [-0.3, -0.25) is 4.79 Å².